The van der Waals surface area contributed by atoms with Crippen LogP contribution in [0, 0.1) is 5.82 Å². The van der Waals surface area contributed by atoms with Crippen molar-refractivity contribution in [2.75, 3.05) is 20.1 Å². The highest BCUT2D eigenvalue weighted by Gasteiger charge is 2.33. The smallest absolute Gasteiger partial charge is 0.197 e. The highest BCUT2D eigenvalue weighted by Crippen LogP contribution is 2.42. The molecule has 0 amide bonds. The zero-order valence-corrected chi connectivity index (χ0v) is 16.4. The van der Waals surface area contributed by atoms with Gasteiger partial charge in [-0.15, -0.1) is 12.4 Å². The van der Waals surface area contributed by atoms with E-state index in [-0.39, 0.29) is 46.0 Å². The second kappa shape index (κ2) is 8.02. The van der Waals surface area contributed by atoms with E-state index in [1.54, 1.807) is 6.07 Å². The molecule has 29 heavy (non-hydrogen) atoms. The Hall–Kier alpha value is -2.61. The SMILES string of the molecule is CN1CC[C@H](c2c(O)cc(O)c3c(=O)cc(-c4ccccc4F)oc23)[C@H](O)C1.Cl. The molecule has 4 rings (SSSR count). The monoisotopic (exact) mass is 421 g/mol. The maximum atomic E-state index is 14.2. The lowest BCUT2D eigenvalue weighted by atomic mass is 9.85. The zero-order chi connectivity index (χ0) is 20.0. The summed E-state index contributed by atoms with van der Waals surface area (Å²) < 4.78 is 20.1. The lowest BCUT2D eigenvalue weighted by Crippen LogP contribution is -2.40. The van der Waals surface area contributed by atoms with Crippen LogP contribution in [0.4, 0.5) is 4.39 Å². The summed E-state index contributed by atoms with van der Waals surface area (Å²) >= 11 is 0. The lowest BCUT2D eigenvalue weighted by molar-refractivity contribution is 0.0630. The lowest BCUT2D eigenvalue weighted by Gasteiger charge is -2.34. The number of aliphatic hydroxyl groups excluding tert-OH is 1. The van der Waals surface area contributed by atoms with Gasteiger partial charge in [-0.3, -0.25) is 4.79 Å². The Labute approximate surface area is 172 Å². The summed E-state index contributed by atoms with van der Waals surface area (Å²) in [7, 11) is 1.88. The summed E-state index contributed by atoms with van der Waals surface area (Å²) in [6.07, 6.45) is -0.265. The van der Waals surface area contributed by atoms with E-state index in [2.05, 4.69) is 0 Å². The predicted octanol–water partition coefficient (Wildman–Crippen LogP) is 3.21. The number of hydrogen-bond acceptors (Lipinski definition) is 6. The van der Waals surface area contributed by atoms with Crippen molar-refractivity contribution in [1.82, 2.24) is 4.90 Å². The van der Waals surface area contributed by atoms with Crippen LogP contribution in [0.1, 0.15) is 17.9 Å². The first-order valence-electron chi connectivity index (χ1n) is 9.01. The zero-order valence-electron chi connectivity index (χ0n) is 15.6. The molecule has 0 bridgehead atoms. The first kappa shape index (κ1) is 21.1. The Kier molecular flexibility index (Phi) is 5.84. The number of halogens is 2. The van der Waals surface area contributed by atoms with Crippen molar-refractivity contribution in [2.24, 2.45) is 0 Å². The molecule has 1 aromatic heterocycles. The van der Waals surface area contributed by atoms with Gasteiger partial charge in [-0.2, -0.15) is 0 Å². The summed E-state index contributed by atoms with van der Waals surface area (Å²) in [5.74, 6) is -1.75. The minimum absolute atomic E-state index is 0. The third kappa shape index (κ3) is 3.69. The fourth-order valence-electron chi connectivity index (χ4n) is 3.90. The van der Waals surface area contributed by atoms with Crippen molar-refractivity contribution in [2.45, 2.75) is 18.4 Å². The Morgan fingerprint density at radius 1 is 1.17 bits per heavy atom. The Morgan fingerprint density at radius 3 is 2.59 bits per heavy atom. The van der Waals surface area contributed by atoms with E-state index in [1.165, 1.54) is 18.2 Å². The quantitative estimate of drug-likeness (QED) is 0.588. The number of piperidine rings is 1. The molecule has 3 N–H and O–H groups in total. The van der Waals surface area contributed by atoms with Crippen molar-refractivity contribution in [3.8, 4) is 22.8 Å². The first-order valence-corrected chi connectivity index (χ1v) is 9.01. The number of aliphatic hydroxyl groups is 1. The molecule has 3 aromatic rings. The van der Waals surface area contributed by atoms with Crippen LogP contribution in [-0.4, -0.2) is 46.5 Å². The number of β-amino-alcohol motifs (C(OH)–C–C–N with tert-alkyl or cyclic N) is 1. The molecule has 1 aliphatic heterocycles. The van der Waals surface area contributed by atoms with Crippen LogP contribution in [0.3, 0.4) is 0 Å². The summed E-state index contributed by atoms with van der Waals surface area (Å²) in [6, 6.07) is 8.07. The van der Waals surface area contributed by atoms with E-state index in [0.717, 1.165) is 12.1 Å². The van der Waals surface area contributed by atoms with E-state index < -0.39 is 29.0 Å². The summed E-state index contributed by atoms with van der Waals surface area (Å²) in [4.78, 5) is 14.7. The molecule has 0 spiro atoms. The molecule has 6 nitrogen and oxygen atoms in total. The van der Waals surface area contributed by atoms with Crippen LogP contribution < -0.4 is 5.43 Å². The molecule has 1 saturated heterocycles. The Bertz CT molecular complexity index is 1120. The maximum Gasteiger partial charge on any atom is 0.197 e. The molecule has 1 fully saturated rings. The van der Waals surface area contributed by atoms with Gasteiger partial charge < -0.3 is 24.6 Å². The average Bonchev–Trinajstić information content (AvgIpc) is 2.63. The Balaban J connectivity index is 0.00000240. The van der Waals surface area contributed by atoms with E-state index >= 15 is 0 Å². The fourth-order valence-corrected chi connectivity index (χ4v) is 3.90. The van der Waals surface area contributed by atoms with Gasteiger partial charge in [-0.1, -0.05) is 12.1 Å². The molecule has 0 unspecified atom stereocenters. The van der Waals surface area contributed by atoms with Crippen molar-refractivity contribution in [1.29, 1.82) is 0 Å². The van der Waals surface area contributed by atoms with Crippen LogP contribution >= 0.6 is 12.4 Å². The molecule has 0 aliphatic carbocycles. The van der Waals surface area contributed by atoms with Crippen LogP contribution in [0.5, 0.6) is 11.5 Å². The van der Waals surface area contributed by atoms with Gasteiger partial charge >= 0.3 is 0 Å². The summed E-state index contributed by atoms with van der Waals surface area (Å²) in [5, 5.41) is 31.2. The van der Waals surface area contributed by atoms with Crippen LogP contribution in [0.15, 0.2) is 45.6 Å². The number of likely N-dealkylation sites (N-methyl/N-ethyl adjacent to an activating group) is 1. The number of rotatable bonds is 2. The number of phenols is 2. The third-order valence-electron chi connectivity index (χ3n) is 5.29. The standard InChI is InChI=1S/C21H20FNO5.ClH/c1-23-7-6-12(17(27)10-23)19-14(24)8-15(25)20-16(26)9-18(28-21(19)20)11-4-2-3-5-13(11)22;/h2-5,8-9,12,17,24-25,27H,6-7,10H2,1H3;1H/t12-,17+;/m0./s1. The molecule has 2 heterocycles. The van der Waals surface area contributed by atoms with Crippen LogP contribution in [-0.2, 0) is 0 Å². The van der Waals surface area contributed by atoms with Gasteiger partial charge in [0, 0.05) is 30.2 Å². The van der Waals surface area contributed by atoms with Crippen molar-refractivity contribution in [3.63, 3.8) is 0 Å². The van der Waals surface area contributed by atoms with Gasteiger partial charge in [-0.25, -0.2) is 4.39 Å². The van der Waals surface area contributed by atoms with Gasteiger partial charge in [0.1, 0.15) is 34.0 Å². The molecule has 2 aromatic carbocycles. The number of phenolic OH excluding ortho intramolecular Hbond substituents is 2. The topological polar surface area (TPSA) is 94.1 Å². The summed E-state index contributed by atoms with van der Waals surface area (Å²) in [5.41, 5.74) is -0.236. The maximum absolute atomic E-state index is 14.2. The van der Waals surface area contributed by atoms with Gasteiger partial charge in [0.25, 0.3) is 0 Å². The molecule has 0 saturated carbocycles. The van der Waals surface area contributed by atoms with E-state index in [0.29, 0.717) is 19.5 Å². The van der Waals surface area contributed by atoms with Crippen molar-refractivity contribution < 1.29 is 24.1 Å². The van der Waals surface area contributed by atoms with Gasteiger partial charge in [0.05, 0.1) is 11.7 Å². The van der Waals surface area contributed by atoms with E-state index in [1.807, 2.05) is 11.9 Å². The number of likely N-dealkylation sites (tertiary alicyclic amines) is 1. The molecule has 0 radical (unpaired) electrons. The first-order chi connectivity index (χ1) is 13.4. The van der Waals surface area contributed by atoms with Crippen molar-refractivity contribution in [3.05, 3.63) is 58.0 Å². The third-order valence-corrected chi connectivity index (χ3v) is 5.29. The molecular formula is C21H21ClFNO5. The molecule has 154 valence electrons. The molecule has 2 atom stereocenters. The number of aromatic hydroxyl groups is 2. The Morgan fingerprint density at radius 2 is 1.90 bits per heavy atom. The van der Waals surface area contributed by atoms with Gasteiger partial charge in [-0.05, 0) is 32.1 Å². The molecular weight excluding hydrogens is 401 g/mol. The van der Waals surface area contributed by atoms with Gasteiger partial charge in [0.15, 0.2) is 5.43 Å². The van der Waals surface area contributed by atoms with E-state index in [4.69, 9.17) is 4.42 Å². The van der Waals surface area contributed by atoms with Crippen molar-refractivity contribution >= 4 is 23.4 Å². The molecule has 1 aliphatic rings. The fraction of sp³-hybridized carbons (Fsp3) is 0.286. The molecule has 8 heteroatoms. The number of nitrogens with zero attached hydrogens (tertiary/aromatic N) is 1. The largest absolute Gasteiger partial charge is 0.507 e. The highest BCUT2D eigenvalue weighted by atomic mass is 35.5. The average molecular weight is 422 g/mol. The second-order valence-electron chi connectivity index (χ2n) is 7.21. The number of benzene rings is 2. The number of hydrogen-bond donors (Lipinski definition) is 3. The normalized spacial score (nSPS) is 19.8. The highest BCUT2D eigenvalue weighted by molar-refractivity contribution is 5.89. The van der Waals surface area contributed by atoms with Crippen LogP contribution in [0.2, 0.25) is 0 Å². The second-order valence-corrected chi connectivity index (χ2v) is 7.21. The predicted molar refractivity (Wildman–Crippen MR) is 109 cm³/mol. The summed E-state index contributed by atoms with van der Waals surface area (Å²) in [6.45, 7) is 1.07. The van der Waals surface area contributed by atoms with Crippen LogP contribution in [0.25, 0.3) is 22.3 Å². The minimum atomic E-state index is -0.792. The minimum Gasteiger partial charge on any atom is -0.507 e. The van der Waals surface area contributed by atoms with Gasteiger partial charge in [0.2, 0.25) is 0 Å². The number of fused-ring (bicyclic) bond motifs is 1. The van der Waals surface area contributed by atoms with E-state index in [9.17, 15) is 24.5 Å².